The molecule has 0 amide bonds. The molecule has 0 aliphatic heterocycles. The lowest BCUT2D eigenvalue weighted by Gasteiger charge is -2.11. The maximum Gasteiger partial charge on any atom is 0.122 e. The summed E-state index contributed by atoms with van der Waals surface area (Å²) < 4.78 is 5.94. The zero-order valence-electron chi connectivity index (χ0n) is 13.1. The molecule has 0 aromatic heterocycles. The molecule has 0 bridgehead atoms. The minimum atomic E-state index is 0.625. The van der Waals surface area contributed by atoms with E-state index in [2.05, 4.69) is 55.6 Å². The molecule has 2 aromatic rings. The predicted octanol–water partition coefficient (Wildman–Crippen LogP) is 4.33. The van der Waals surface area contributed by atoms with Crippen molar-refractivity contribution in [2.45, 2.75) is 39.8 Å². The fraction of sp³-hybridized carbons (Fsp3) is 0.368. The summed E-state index contributed by atoms with van der Waals surface area (Å²) in [6, 6.07) is 16.9. The van der Waals surface area contributed by atoms with Crippen LogP contribution in [0.2, 0.25) is 0 Å². The number of hydrogen-bond acceptors (Lipinski definition) is 2. The highest BCUT2D eigenvalue weighted by atomic mass is 16.5. The van der Waals surface area contributed by atoms with Gasteiger partial charge in [0.1, 0.15) is 12.4 Å². The molecule has 112 valence electrons. The van der Waals surface area contributed by atoms with E-state index in [0.29, 0.717) is 6.61 Å². The van der Waals surface area contributed by atoms with Crippen LogP contribution < -0.4 is 10.1 Å². The Kier molecular flexibility index (Phi) is 6.29. The Balaban J connectivity index is 1.88. The molecule has 2 nitrogen and oxygen atoms in total. The summed E-state index contributed by atoms with van der Waals surface area (Å²) in [5.41, 5.74) is 3.79. The second-order valence-corrected chi connectivity index (χ2v) is 5.24. The second-order valence-electron chi connectivity index (χ2n) is 5.24. The number of hydrogen-bond donors (Lipinski definition) is 1. The molecular weight excluding hydrogens is 258 g/mol. The third-order valence-electron chi connectivity index (χ3n) is 3.53. The van der Waals surface area contributed by atoms with Gasteiger partial charge in [0.05, 0.1) is 0 Å². The Morgan fingerprint density at radius 2 is 1.62 bits per heavy atom. The highest BCUT2D eigenvalue weighted by molar-refractivity contribution is 5.33. The molecule has 0 aliphatic carbocycles. The lowest BCUT2D eigenvalue weighted by molar-refractivity contribution is 0.303. The Morgan fingerprint density at radius 1 is 0.905 bits per heavy atom. The van der Waals surface area contributed by atoms with E-state index >= 15 is 0 Å². The van der Waals surface area contributed by atoms with Crippen molar-refractivity contribution in [2.75, 3.05) is 6.54 Å². The zero-order valence-corrected chi connectivity index (χ0v) is 13.1. The first-order valence-corrected chi connectivity index (χ1v) is 7.82. The maximum atomic E-state index is 5.94. The molecule has 0 saturated heterocycles. The molecule has 0 radical (unpaired) electrons. The fourth-order valence-corrected chi connectivity index (χ4v) is 2.26. The van der Waals surface area contributed by atoms with E-state index in [1.165, 1.54) is 23.1 Å². The van der Waals surface area contributed by atoms with Crippen LogP contribution in [0.3, 0.4) is 0 Å². The van der Waals surface area contributed by atoms with Gasteiger partial charge >= 0.3 is 0 Å². The number of nitrogens with one attached hydrogen (secondary N) is 1. The predicted molar refractivity (Wildman–Crippen MR) is 88.6 cm³/mol. The minimum Gasteiger partial charge on any atom is -0.489 e. The van der Waals surface area contributed by atoms with Crippen molar-refractivity contribution in [3.05, 3.63) is 65.2 Å². The van der Waals surface area contributed by atoms with Crippen LogP contribution in [0.15, 0.2) is 48.5 Å². The van der Waals surface area contributed by atoms with Gasteiger partial charge in [0.2, 0.25) is 0 Å². The number of ether oxygens (including phenoxy) is 1. The van der Waals surface area contributed by atoms with E-state index in [0.717, 1.165) is 25.3 Å². The zero-order chi connectivity index (χ0) is 14.9. The molecule has 0 heterocycles. The number of benzene rings is 2. The van der Waals surface area contributed by atoms with Crippen LogP contribution in [0.4, 0.5) is 0 Å². The van der Waals surface area contributed by atoms with E-state index in [-0.39, 0.29) is 0 Å². The topological polar surface area (TPSA) is 21.3 Å². The molecule has 1 N–H and O–H groups in total. The van der Waals surface area contributed by atoms with E-state index < -0.39 is 0 Å². The van der Waals surface area contributed by atoms with Crippen LogP contribution in [0.1, 0.15) is 37.0 Å². The molecule has 2 rings (SSSR count). The van der Waals surface area contributed by atoms with Crippen molar-refractivity contribution in [3.63, 3.8) is 0 Å². The van der Waals surface area contributed by atoms with Crippen molar-refractivity contribution in [2.24, 2.45) is 0 Å². The Bertz CT molecular complexity index is 534. The number of para-hydroxylation sites is 1. The normalized spacial score (nSPS) is 10.6. The third-order valence-corrected chi connectivity index (χ3v) is 3.53. The summed E-state index contributed by atoms with van der Waals surface area (Å²) in [7, 11) is 0. The average molecular weight is 283 g/mol. The Hall–Kier alpha value is -1.80. The lowest BCUT2D eigenvalue weighted by atomic mass is 10.1. The van der Waals surface area contributed by atoms with Crippen LogP contribution >= 0.6 is 0 Å². The van der Waals surface area contributed by atoms with Crippen LogP contribution in [0.25, 0.3) is 0 Å². The third kappa shape index (κ3) is 4.91. The quantitative estimate of drug-likeness (QED) is 0.728. The second kappa shape index (κ2) is 8.48. The number of rotatable bonds is 8. The SMILES string of the molecule is CCCNCc1ccc(COc2ccccc2CC)cc1. The van der Waals surface area contributed by atoms with E-state index in [4.69, 9.17) is 4.74 Å². The van der Waals surface area contributed by atoms with E-state index in [1.807, 2.05) is 12.1 Å². The molecule has 2 aromatic carbocycles. The van der Waals surface area contributed by atoms with Gasteiger partial charge in [-0.1, -0.05) is 56.3 Å². The molecule has 0 fully saturated rings. The highest BCUT2D eigenvalue weighted by Crippen LogP contribution is 2.19. The summed E-state index contributed by atoms with van der Waals surface area (Å²) >= 11 is 0. The van der Waals surface area contributed by atoms with Gasteiger partial charge in [-0.3, -0.25) is 0 Å². The van der Waals surface area contributed by atoms with Crippen LogP contribution in [-0.2, 0) is 19.6 Å². The van der Waals surface area contributed by atoms with Gasteiger partial charge in [-0.05, 0) is 42.1 Å². The summed E-state index contributed by atoms with van der Waals surface area (Å²) in [6.07, 6.45) is 2.17. The van der Waals surface area contributed by atoms with Crippen LogP contribution in [-0.4, -0.2) is 6.54 Å². The van der Waals surface area contributed by atoms with Crippen molar-refractivity contribution < 1.29 is 4.74 Å². The molecule has 21 heavy (non-hydrogen) atoms. The largest absolute Gasteiger partial charge is 0.489 e. The van der Waals surface area contributed by atoms with Crippen LogP contribution in [0.5, 0.6) is 5.75 Å². The van der Waals surface area contributed by atoms with Gasteiger partial charge in [-0.2, -0.15) is 0 Å². The van der Waals surface area contributed by atoms with E-state index in [1.54, 1.807) is 0 Å². The van der Waals surface area contributed by atoms with Gasteiger partial charge < -0.3 is 10.1 Å². The summed E-state index contributed by atoms with van der Waals surface area (Å²) in [5.74, 6) is 0.994. The first-order valence-electron chi connectivity index (χ1n) is 7.82. The van der Waals surface area contributed by atoms with Gasteiger partial charge in [-0.25, -0.2) is 0 Å². The molecule has 0 spiro atoms. The van der Waals surface area contributed by atoms with Crippen molar-refractivity contribution in [3.8, 4) is 5.75 Å². The average Bonchev–Trinajstić information content (AvgIpc) is 2.54. The Labute approximate surface area is 128 Å². The first kappa shape index (κ1) is 15.6. The van der Waals surface area contributed by atoms with Crippen molar-refractivity contribution in [1.29, 1.82) is 0 Å². The van der Waals surface area contributed by atoms with Crippen LogP contribution in [0, 0.1) is 0 Å². The number of aryl methyl sites for hydroxylation is 1. The standard InChI is InChI=1S/C19H25NO/c1-3-13-20-14-16-9-11-17(12-10-16)15-21-19-8-6-5-7-18(19)4-2/h5-12,20H,3-4,13-15H2,1-2H3. The summed E-state index contributed by atoms with van der Waals surface area (Å²) in [4.78, 5) is 0. The molecule has 2 heteroatoms. The minimum absolute atomic E-state index is 0.625. The molecule has 0 aliphatic rings. The molecule has 0 atom stereocenters. The monoisotopic (exact) mass is 283 g/mol. The Morgan fingerprint density at radius 3 is 2.33 bits per heavy atom. The summed E-state index contributed by atoms with van der Waals surface area (Å²) in [5, 5.41) is 3.41. The van der Waals surface area contributed by atoms with Gasteiger partial charge in [0.25, 0.3) is 0 Å². The van der Waals surface area contributed by atoms with Crippen molar-refractivity contribution in [1.82, 2.24) is 5.32 Å². The van der Waals surface area contributed by atoms with Gasteiger partial charge in [0.15, 0.2) is 0 Å². The first-order chi connectivity index (χ1) is 10.3. The lowest BCUT2D eigenvalue weighted by Crippen LogP contribution is -2.13. The smallest absolute Gasteiger partial charge is 0.122 e. The molecule has 0 unspecified atom stereocenters. The fourth-order valence-electron chi connectivity index (χ4n) is 2.26. The van der Waals surface area contributed by atoms with E-state index in [9.17, 15) is 0 Å². The summed E-state index contributed by atoms with van der Waals surface area (Å²) in [6.45, 7) is 6.97. The van der Waals surface area contributed by atoms with Gasteiger partial charge in [0, 0.05) is 6.54 Å². The van der Waals surface area contributed by atoms with Crippen molar-refractivity contribution >= 4 is 0 Å². The highest BCUT2D eigenvalue weighted by Gasteiger charge is 2.01. The molecule has 0 saturated carbocycles. The van der Waals surface area contributed by atoms with Gasteiger partial charge in [-0.15, -0.1) is 0 Å². The molecular formula is C19H25NO. The maximum absolute atomic E-state index is 5.94.